The lowest BCUT2D eigenvalue weighted by Gasteiger charge is -2.19. The average molecular weight is 370 g/mol. The first-order valence-electron chi connectivity index (χ1n) is 8.42. The molecule has 0 bridgehead atoms. The second-order valence-corrected chi connectivity index (χ2v) is 6.04. The van der Waals surface area contributed by atoms with Gasteiger partial charge in [-0.1, -0.05) is 48.5 Å². The van der Waals surface area contributed by atoms with Crippen LogP contribution in [0.2, 0.25) is 0 Å². The molecule has 0 aromatic heterocycles. The highest BCUT2D eigenvalue weighted by Crippen LogP contribution is 2.23. The number of nitro groups is 1. The summed E-state index contributed by atoms with van der Waals surface area (Å²) in [5, 5.41) is 11.1. The van der Waals surface area contributed by atoms with Crippen LogP contribution in [-0.2, 0) is 27.3 Å². The summed E-state index contributed by atoms with van der Waals surface area (Å²) in [5.74, 6) is -0.537. The summed E-state index contributed by atoms with van der Waals surface area (Å²) in [6, 6.07) is 14.7. The van der Waals surface area contributed by atoms with Crippen LogP contribution < -0.4 is 0 Å². The van der Waals surface area contributed by atoms with Gasteiger partial charge < -0.3 is 9.47 Å². The quantitative estimate of drug-likeness (QED) is 0.440. The second kappa shape index (κ2) is 8.31. The number of hydrogen-bond donors (Lipinski definition) is 0. The predicted molar refractivity (Wildman–Crippen MR) is 94.6 cm³/mol. The van der Waals surface area contributed by atoms with Crippen molar-refractivity contribution in [1.29, 1.82) is 0 Å². The minimum atomic E-state index is -0.826. The lowest BCUT2D eigenvalue weighted by atomic mass is 10.0. The van der Waals surface area contributed by atoms with E-state index in [0.717, 1.165) is 5.56 Å². The number of hydrogen-bond acceptors (Lipinski definition) is 6. The fourth-order valence-corrected chi connectivity index (χ4v) is 2.89. The van der Waals surface area contributed by atoms with E-state index in [2.05, 4.69) is 0 Å². The highest BCUT2D eigenvalue weighted by molar-refractivity contribution is 5.83. The molecule has 1 saturated heterocycles. The standard InChI is InChI=1S/C19H18N2O6/c22-18-17(11-10-15-8-4-5-9-16(15)21(24)25)20(13-27-18)19(23)26-12-14-6-2-1-3-7-14/h1-9,17H,10-13H2/t17-/m0/s1. The summed E-state index contributed by atoms with van der Waals surface area (Å²) in [4.78, 5) is 36.2. The van der Waals surface area contributed by atoms with Crippen LogP contribution in [0.4, 0.5) is 10.5 Å². The Balaban J connectivity index is 1.62. The third-order valence-corrected chi connectivity index (χ3v) is 4.31. The number of esters is 1. The van der Waals surface area contributed by atoms with Gasteiger partial charge >= 0.3 is 12.1 Å². The van der Waals surface area contributed by atoms with Crippen molar-refractivity contribution >= 4 is 17.7 Å². The number of nitrogens with zero attached hydrogens (tertiary/aromatic N) is 2. The number of nitro benzene ring substituents is 1. The molecule has 8 heteroatoms. The SMILES string of the molecule is O=C1OCN(C(=O)OCc2ccccc2)[C@H]1CCc1ccccc1[N+](=O)[O-]. The van der Waals surface area contributed by atoms with Crippen LogP contribution in [0.3, 0.4) is 0 Å². The van der Waals surface area contributed by atoms with Crippen molar-refractivity contribution in [3.63, 3.8) is 0 Å². The maximum atomic E-state index is 12.3. The molecule has 0 aliphatic carbocycles. The first-order valence-corrected chi connectivity index (χ1v) is 8.42. The molecular weight excluding hydrogens is 352 g/mol. The smallest absolute Gasteiger partial charge is 0.413 e. The van der Waals surface area contributed by atoms with Crippen molar-refractivity contribution in [2.75, 3.05) is 6.73 Å². The number of rotatable bonds is 6. The molecule has 1 aliphatic rings. The molecule has 3 rings (SSSR count). The maximum Gasteiger partial charge on any atom is 0.413 e. The molecule has 140 valence electrons. The zero-order valence-corrected chi connectivity index (χ0v) is 14.4. The van der Waals surface area contributed by atoms with Crippen LogP contribution in [0.1, 0.15) is 17.5 Å². The number of aryl methyl sites for hydroxylation is 1. The number of cyclic esters (lactones) is 1. The molecule has 0 saturated carbocycles. The van der Waals surface area contributed by atoms with Crippen LogP contribution in [0.25, 0.3) is 0 Å². The third kappa shape index (κ3) is 4.41. The van der Waals surface area contributed by atoms with Gasteiger partial charge in [-0.25, -0.2) is 9.59 Å². The van der Waals surface area contributed by atoms with Gasteiger partial charge in [0.2, 0.25) is 0 Å². The molecule has 1 fully saturated rings. The molecule has 1 heterocycles. The Kier molecular flexibility index (Phi) is 5.65. The van der Waals surface area contributed by atoms with Gasteiger partial charge in [0.25, 0.3) is 5.69 Å². The molecule has 8 nitrogen and oxygen atoms in total. The van der Waals surface area contributed by atoms with E-state index in [9.17, 15) is 19.7 Å². The Morgan fingerprint density at radius 1 is 1.19 bits per heavy atom. The fraction of sp³-hybridized carbons (Fsp3) is 0.263. The van der Waals surface area contributed by atoms with Crippen LogP contribution >= 0.6 is 0 Å². The molecule has 2 aromatic rings. The Morgan fingerprint density at radius 3 is 2.63 bits per heavy atom. The molecule has 0 N–H and O–H groups in total. The van der Waals surface area contributed by atoms with Gasteiger partial charge in [-0.2, -0.15) is 0 Å². The molecule has 0 spiro atoms. The normalized spacial score (nSPS) is 16.1. The number of benzene rings is 2. The average Bonchev–Trinajstić information content (AvgIpc) is 3.06. The van der Waals surface area contributed by atoms with Crippen molar-refractivity contribution in [1.82, 2.24) is 4.90 Å². The Morgan fingerprint density at radius 2 is 1.89 bits per heavy atom. The zero-order chi connectivity index (χ0) is 19.2. The minimum Gasteiger partial charge on any atom is -0.444 e. The lowest BCUT2D eigenvalue weighted by molar-refractivity contribution is -0.385. The van der Waals surface area contributed by atoms with E-state index in [0.29, 0.717) is 5.56 Å². The van der Waals surface area contributed by atoms with Gasteiger partial charge in [0.15, 0.2) is 6.73 Å². The summed E-state index contributed by atoms with van der Waals surface area (Å²) < 4.78 is 10.2. The van der Waals surface area contributed by atoms with Crippen molar-refractivity contribution in [2.24, 2.45) is 0 Å². The molecule has 1 amide bonds. The Hall–Kier alpha value is -3.42. The Bertz CT molecular complexity index is 839. The van der Waals surface area contributed by atoms with Gasteiger partial charge in [-0.3, -0.25) is 15.0 Å². The highest BCUT2D eigenvalue weighted by Gasteiger charge is 2.38. The van der Waals surface area contributed by atoms with Gasteiger partial charge in [0, 0.05) is 11.6 Å². The van der Waals surface area contributed by atoms with Crippen molar-refractivity contribution in [3.05, 3.63) is 75.8 Å². The minimum absolute atomic E-state index is 0.0120. The first-order chi connectivity index (χ1) is 13.1. The predicted octanol–water partition coefficient (Wildman–Crippen LogP) is 3.05. The van der Waals surface area contributed by atoms with Crippen LogP contribution in [0.15, 0.2) is 54.6 Å². The van der Waals surface area contributed by atoms with E-state index >= 15 is 0 Å². The van der Waals surface area contributed by atoms with Gasteiger partial charge in [0.05, 0.1) is 4.92 Å². The summed E-state index contributed by atoms with van der Waals surface area (Å²) >= 11 is 0. The van der Waals surface area contributed by atoms with E-state index in [-0.39, 0.29) is 31.9 Å². The number of ether oxygens (including phenoxy) is 2. The lowest BCUT2D eigenvalue weighted by Crippen LogP contribution is -2.38. The second-order valence-electron chi connectivity index (χ2n) is 6.04. The first kappa shape index (κ1) is 18.4. The molecule has 0 radical (unpaired) electrons. The number of carbonyl (C=O) groups is 2. The van der Waals surface area contributed by atoms with E-state index in [4.69, 9.17) is 9.47 Å². The molecule has 1 aliphatic heterocycles. The molecular formula is C19H18N2O6. The summed E-state index contributed by atoms with van der Waals surface area (Å²) in [7, 11) is 0. The largest absolute Gasteiger partial charge is 0.444 e. The Labute approximate surface area is 155 Å². The number of carbonyl (C=O) groups excluding carboxylic acids is 2. The van der Waals surface area contributed by atoms with Gasteiger partial charge in [-0.05, 0) is 18.4 Å². The summed E-state index contributed by atoms with van der Waals surface area (Å²) in [6.07, 6.45) is -0.180. The van der Waals surface area contributed by atoms with Crippen LogP contribution in [-0.4, -0.2) is 34.7 Å². The highest BCUT2D eigenvalue weighted by atomic mass is 16.6. The zero-order valence-electron chi connectivity index (χ0n) is 14.4. The molecule has 2 aromatic carbocycles. The van der Waals surface area contributed by atoms with E-state index in [1.54, 1.807) is 18.2 Å². The van der Waals surface area contributed by atoms with Crippen molar-refractivity contribution < 1.29 is 24.0 Å². The monoisotopic (exact) mass is 370 g/mol. The van der Waals surface area contributed by atoms with Crippen LogP contribution in [0, 0.1) is 10.1 Å². The van der Waals surface area contributed by atoms with Crippen molar-refractivity contribution in [3.8, 4) is 0 Å². The van der Waals surface area contributed by atoms with E-state index < -0.39 is 23.0 Å². The van der Waals surface area contributed by atoms with Gasteiger partial charge in [0.1, 0.15) is 12.6 Å². The van der Waals surface area contributed by atoms with E-state index in [1.165, 1.54) is 11.0 Å². The summed E-state index contributed by atoms with van der Waals surface area (Å²) in [6.45, 7) is -0.102. The van der Waals surface area contributed by atoms with Crippen molar-refractivity contribution in [2.45, 2.75) is 25.5 Å². The maximum absolute atomic E-state index is 12.3. The molecule has 1 atom stereocenters. The van der Waals surface area contributed by atoms with Gasteiger partial charge in [-0.15, -0.1) is 0 Å². The van der Waals surface area contributed by atoms with Crippen LogP contribution in [0.5, 0.6) is 0 Å². The number of para-hydroxylation sites is 1. The third-order valence-electron chi connectivity index (χ3n) is 4.31. The fourth-order valence-electron chi connectivity index (χ4n) is 2.89. The number of amides is 1. The van der Waals surface area contributed by atoms with E-state index in [1.807, 2.05) is 30.3 Å². The molecule has 27 heavy (non-hydrogen) atoms. The topological polar surface area (TPSA) is 99.0 Å². The molecule has 0 unspecified atom stereocenters. The summed E-state index contributed by atoms with van der Waals surface area (Å²) in [5.41, 5.74) is 1.32.